The molecule has 0 saturated carbocycles. The molecule has 0 aliphatic heterocycles. The van der Waals surface area contributed by atoms with Gasteiger partial charge in [-0.2, -0.15) is 0 Å². The zero-order valence-electron chi connectivity index (χ0n) is 7.81. The quantitative estimate of drug-likeness (QED) is 0.648. The fourth-order valence-electron chi connectivity index (χ4n) is 1.40. The van der Waals surface area contributed by atoms with Crippen LogP contribution in [0.5, 0.6) is 0 Å². The summed E-state index contributed by atoms with van der Waals surface area (Å²) in [5.74, 6) is 0. The number of aromatic nitrogens is 2. The zero-order chi connectivity index (χ0) is 12.7. The molecule has 0 bridgehead atoms. The minimum absolute atomic E-state index is 0.00454. The van der Waals surface area contributed by atoms with Crippen molar-refractivity contribution >= 4 is 54.3 Å². The highest BCUT2D eigenvalue weighted by molar-refractivity contribution is 9.11. The molecular formula is C7H2Br2N4O4. The molecule has 8 nitrogen and oxygen atoms in total. The first-order valence-corrected chi connectivity index (χ1v) is 5.66. The molecule has 2 aromatic rings. The first-order chi connectivity index (χ1) is 7.95. The van der Waals surface area contributed by atoms with E-state index in [4.69, 9.17) is 0 Å². The van der Waals surface area contributed by atoms with Crippen molar-refractivity contribution < 1.29 is 9.85 Å². The number of hydrogen-bond acceptors (Lipinski definition) is 5. The van der Waals surface area contributed by atoms with Gasteiger partial charge >= 0.3 is 11.4 Å². The Kier molecular flexibility index (Phi) is 2.83. The molecule has 0 radical (unpaired) electrons. The van der Waals surface area contributed by atoms with E-state index < -0.39 is 21.2 Å². The van der Waals surface area contributed by atoms with Gasteiger partial charge in [0.15, 0.2) is 0 Å². The number of nitrogens with zero attached hydrogens (tertiary/aromatic N) is 3. The Bertz CT molecular complexity index is 599. The lowest BCUT2D eigenvalue weighted by atomic mass is 10.2. The van der Waals surface area contributed by atoms with Gasteiger partial charge in [-0.25, -0.2) is 4.98 Å². The molecule has 1 aromatic carbocycles. The van der Waals surface area contributed by atoms with Crippen LogP contribution in [-0.2, 0) is 0 Å². The highest BCUT2D eigenvalue weighted by atomic mass is 79.9. The van der Waals surface area contributed by atoms with Crippen LogP contribution in [0.4, 0.5) is 11.4 Å². The number of nitrogens with one attached hydrogen (secondary N) is 1. The van der Waals surface area contributed by atoms with Crippen LogP contribution in [0, 0.1) is 20.2 Å². The Hall–Kier alpha value is -1.55. The summed E-state index contributed by atoms with van der Waals surface area (Å²) in [6.45, 7) is 0. The lowest BCUT2D eigenvalue weighted by Gasteiger charge is -2.01. The molecule has 0 saturated heterocycles. The van der Waals surface area contributed by atoms with E-state index in [0.717, 1.165) is 0 Å². The summed E-state index contributed by atoms with van der Waals surface area (Å²) in [5, 5.41) is 21.8. The van der Waals surface area contributed by atoms with Gasteiger partial charge in [-0.05, 0) is 31.9 Å². The standard InChI is InChI=1S/C7H2Br2N4O4/c8-2-4-5(11-1-10-4)3(9)7(13(16)17)6(2)12(14)15/h1H,(H,10,11). The fraction of sp³-hybridized carbons (Fsp3) is 0. The van der Waals surface area contributed by atoms with Gasteiger partial charge in [0.1, 0.15) is 14.5 Å². The molecule has 1 N–H and O–H groups in total. The second-order valence-corrected chi connectivity index (χ2v) is 4.55. The van der Waals surface area contributed by atoms with E-state index >= 15 is 0 Å². The van der Waals surface area contributed by atoms with Gasteiger partial charge in [0.2, 0.25) is 0 Å². The highest BCUT2D eigenvalue weighted by Gasteiger charge is 2.35. The van der Waals surface area contributed by atoms with Gasteiger partial charge in [-0.1, -0.05) is 0 Å². The first-order valence-electron chi connectivity index (χ1n) is 4.08. The summed E-state index contributed by atoms with van der Waals surface area (Å²) in [5.41, 5.74) is -0.650. The Balaban J connectivity index is 3.03. The number of hydrogen-bond donors (Lipinski definition) is 1. The van der Waals surface area contributed by atoms with Gasteiger partial charge in [0.05, 0.1) is 21.7 Å². The molecule has 0 fully saturated rings. The lowest BCUT2D eigenvalue weighted by molar-refractivity contribution is -0.423. The van der Waals surface area contributed by atoms with Gasteiger partial charge in [-0.3, -0.25) is 20.2 Å². The number of fused-ring (bicyclic) bond motifs is 1. The third-order valence-electron chi connectivity index (χ3n) is 2.07. The predicted octanol–water partition coefficient (Wildman–Crippen LogP) is 2.90. The van der Waals surface area contributed by atoms with Crippen molar-refractivity contribution in [3.63, 3.8) is 0 Å². The Labute approximate surface area is 110 Å². The maximum Gasteiger partial charge on any atom is 0.363 e. The smallest absolute Gasteiger partial charge is 0.343 e. The molecule has 2 rings (SSSR count). The van der Waals surface area contributed by atoms with E-state index in [-0.39, 0.29) is 14.5 Å². The first kappa shape index (κ1) is 11.9. The molecule has 10 heteroatoms. The number of nitro benzene ring substituents is 2. The van der Waals surface area contributed by atoms with Crippen LogP contribution in [0.3, 0.4) is 0 Å². The van der Waals surface area contributed by atoms with Crippen molar-refractivity contribution in [1.82, 2.24) is 9.97 Å². The van der Waals surface area contributed by atoms with E-state index in [2.05, 4.69) is 41.8 Å². The van der Waals surface area contributed by atoms with Crippen LogP contribution in [0.1, 0.15) is 0 Å². The highest BCUT2D eigenvalue weighted by Crippen LogP contribution is 2.45. The molecular weight excluding hydrogens is 364 g/mol. The van der Waals surface area contributed by atoms with Crippen LogP contribution in [0.15, 0.2) is 15.3 Å². The average molecular weight is 366 g/mol. The predicted molar refractivity (Wildman–Crippen MR) is 64.8 cm³/mol. The van der Waals surface area contributed by atoms with Crippen molar-refractivity contribution in [2.24, 2.45) is 0 Å². The molecule has 1 heterocycles. The number of imidazole rings is 1. The third-order valence-corrected chi connectivity index (χ3v) is 3.60. The lowest BCUT2D eigenvalue weighted by Crippen LogP contribution is -1.99. The van der Waals surface area contributed by atoms with Crippen molar-refractivity contribution in [3.8, 4) is 0 Å². The van der Waals surface area contributed by atoms with Crippen LogP contribution in [0.25, 0.3) is 11.0 Å². The normalized spacial score (nSPS) is 10.7. The van der Waals surface area contributed by atoms with E-state index in [9.17, 15) is 20.2 Å². The minimum Gasteiger partial charge on any atom is -0.343 e. The maximum atomic E-state index is 10.9. The van der Waals surface area contributed by atoms with Gasteiger partial charge in [0, 0.05) is 0 Å². The van der Waals surface area contributed by atoms with E-state index in [0.29, 0.717) is 5.52 Å². The van der Waals surface area contributed by atoms with E-state index in [1.54, 1.807) is 0 Å². The van der Waals surface area contributed by atoms with Crippen molar-refractivity contribution in [2.75, 3.05) is 0 Å². The number of benzene rings is 1. The van der Waals surface area contributed by atoms with Crippen LogP contribution in [-0.4, -0.2) is 19.8 Å². The summed E-state index contributed by atoms with van der Waals surface area (Å²) in [6, 6.07) is 0. The Morgan fingerprint density at radius 2 is 1.65 bits per heavy atom. The second kappa shape index (κ2) is 4.04. The summed E-state index contributed by atoms with van der Waals surface area (Å²) in [4.78, 5) is 26.7. The maximum absolute atomic E-state index is 10.9. The second-order valence-electron chi connectivity index (χ2n) is 2.97. The van der Waals surface area contributed by atoms with Crippen LogP contribution in [0.2, 0.25) is 0 Å². The summed E-state index contributed by atoms with van der Waals surface area (Å²) in [6.07, 6.45) is 1.30. The third kappa shape index (κ3) is 1.69. The van der Waals surface area contributed by atoms with Crippen molar-refractivity contribution in [2.45, 2.75) is 0 Å². The van der Waals surface area contributed by atoms with Gasteiger partial charge in [-0.15, -0.1) is 0 Å². The fourth-order valence-corrected chi connectivity index (χ4v) is 2.67. The van der Waals surface area contributed by atoms with Crippen LogP contribution >= 0.6 is 31.9 Å². The van der Waals surface area contributed by atoms with Crippen molar-refractivity contribution in [3.05, 3.63) is 35.5 Å². The Morgan fingerprint density at radius 1 is 1.12 bits per heavy atom. The summed E-state index contributed by atoms with van der Waals surface area (Å²) in [7, 11) is 0. The number of aromatic amines is 1. The molecule has 88 valence electrons. The van der Waals surface area contributed by atoms with Gasteiger partial charge < -0.3 is 4.98 Å². The minimum atomic E-state index is -0.818. The monoisotopic (exact) mass is 364 g/mol. The van der Waals surface area contributed by atoms with Gasteiger partial charge in [0.25, 0.3) is 0 Å². The Morgan fingerprint density at radius 3 is 2.18 bits per heavy atom. The molecule has 0 aliphatic rings. The molecule has 0 spiro atoms. The summed E-state index contributed by atoms with van der Waals surface area (Å²) >= 11 is 5.94. The van der Waals surface area contributed by atoms with E-state index in [1.165, 1.54) is 6.33 Å². The molecule has 0 aliphatic carbocycles. The van der Waals surface area contributed by atoms with E-state index in [1.807, 2.05) is 0 Å². The topological polar surface area (TPSA) is 115 Å². The largest absolute Gasteiger partial charge is 0.363 e. The number of H-pyrrole nitrogens is 1. The zero-order valence-corrected chi connectivity index (χ0v) is 11.0. The summed E-state index contributed by atoms with van der Waals surface area (Å²) < 4.78 is -0.0152. The molecule has 0 atom stereocenters. The molecule has 0 unspecified atom stereocenters. The number of rotatable bonds is 2. The molecule has 17 heavy (non-hydrogen) atoms. The number of halogens is 2. The average Bonchev–Trinajstić information content (AvgIpc) is 2.70. The molecule has 1 aromatic heterocycles. The van der Waals surface area contributed by atoms with Crippen molar-refractivity contribution in [1.29, 1.82) is 0 Å². The number of nitro groups is 2. The SMILES string of the molecule is O=[N+]([O-])c1c([N+](=O)[O-])c(Br)c2[nH]cnc2c1Br. The molecule has 0 amide bonds. The van der Waals surface area contributed by atoms with Crippen LogP contribution < -0.4 is 0 Å².